The van der Waals surface area contributed by atoms with Gasteiger partial charge in [-0.2, -0.15) is 0 Å². The third-order valence-corrected chi connectivity index (χ3v) is 6.09. The van der Waals surface area contributed by atoms with E-state index in [1.807, 2.05) is 12.1 Å². The SMILES string of the molecule is CCCCC[C@H](CC(=O)Nc1c(C(C)C)cccc1C(C)C)c1cccc2c1OCO2. The van der Waals surface area contributed by atoms with Crippen molar-refractivity contribution in [3.8, 4) is 11.5 Å². The Morgan fingerprint density at radius 3 is 2.23 bits per heavy atom. The monoisotopic (exact) mass is 423 g/mol. The van der Waals surface area contributed by atoms with Gasteiger partial charge in [-0.1, -0.05) is 84.2 Å². The van der Waals surface area contributed by atoms with Crippen LogP contribution in [0, 0.1) is 0 Å². The van der Waals surface area contributed by atoms with Crippen molar-refractivity contribution in [1.82, 2.24) is 0 Å². The summed E-state index contributed by atoms with van der Waals surface area (Å²) in [4.78, 5) is 13.3. The zero-order valence-corrected chi connectivity index (χ0v) is 19.7. The van der Waals surface area contributed by atoms with E-state index in [4.69, 9.17) is 9.47 Å². The average molecular weight is 424 g/mol. The smallest absolute Gasteiger partial charge is 0.231 e. The molecule has 0 radical (unpaired) electrons. The highest BCUT2D eigenvalue weighted by molar-refractivity contribution is 5.93. The van der Waals surface area contributed by atoms with Gasteiger partial charge in [0.1, 0.15) is 0 Å². The van der Waals surface area contributed by atoms with E-state index >= 15 is 0 Å². The van der Waals surface area contributed by atoms with Crippen molar-refractivity contribution in [2.45, 2.75) is 84.5 Å². The Morgan fingerprint density at radius 2 is 1.58 bits per heavy atom. The van der Waals surface area contributed by atoms with Crippen LogP contribution in [0.1, 0.15) is 101 Å². The van der Waals surface area contributed by atoms with Crippen LogP contribution in [0.15, 0.2) is 36.4 Å². The van der Waals surface area contributed by atoms with E-state index in [1.54, 1.807) is 0 Å². The third-order valence-electron chi connectivity index (χ3n) is 6.09. The van der Waals surface area contributed by atoms with Crippen molar-refractivity contribution in [2.24, 2.45) is 0 Å². The summed E-state index contributed by atoms with van der Waals surface area (Å²) in [5, 5.41) is 3.29. The highest BCUT2D eigenvalue weighted by atomic mass is 16.7. The Morgan fingerprint density at radius 1 is 0.935 bits per heavy atom. The van der Waals surface area contributed by atoms with Crippen molar-refractivity contribution >= 4 is 11.6 Å². The van der Waals surface area contributed by atoms with Gasteiger partial charge in [-0.15, -0.1) is 0 Å². The van der Waals surface area contributed by atoms with Crippen LogP contribution in [0.4, 0.5) is 5.69 Å². The molecule has 2 aromatic rings. The minimum absolute atomic E-state index is 0.0630. The number of hydrogen-bond acceptors (Lipinski definition) is 3. The average Bonchev–Trinajstić information content (AvgIpc) is 3.22. The molecule has 2 aromatic carbocycles. The second-order valence-electron chi connectivity index (χ2n) is 9.15. The molecule has 31 heavy (non-hydrogen) atoms. The fraction of sp³-hybridized carbons (Fsp3) is 0.519. The van der Waals surface area contributed by atoms with Crippen LogP contribution in [0.3, 0.4) is 0 Å². The number of para-hydroxylation sites is 2. The van der Waals surface area contributed by atoms with Crippen molar-refractivity contribution in [3.63, 3.8) is 0 Å². The molecule has 1 aliphatic heterocycles. The number of hydrogen-bond donors (Lipinski definition) is 1. The summed E-state index contributed by atoms with van der Waals surface area (Å²) >= 11 is 0. The van der Waals surface area contributed by atoms with Gasteiger partial charge in [-0.25, -0.2) is 0 Å². The van der Waals surface area contributed by atoms with Gasteiger partial charge in [0, 0.05) is 17.7 Å². The summed E-state index contributed by atoms with van der Waals surface area (Å²) in [7, 11) is 0. The lowest BCUT2D eigenvalue weighted by molar-refractivity contribution is -0.116. The number of unbranched alkanes of at least 4 members (excludes halogenated alkanes) is 2. The number of benzene rings is 2. The molecule has 1 amide bonds. The molecule has 0 saturated carbocycles. The molecule has 0 aliphatic carbocycles. The molecule has 1 N–H and O–H groups in total. The molecule has 0 fully saturated rings. The predicted molar refractivity (Wildman–Crippen MR) is 127 cm³/mol. The summed E-state index contributed by atoms with van der Waals surface area (Å²) in [6, 6.07) is 12.4. The second kappa shape index (κ2) is 10.7. The van der Waals surface area contributed by atoms with Crippen molar-refractivity contribution in [2.75, 3.05) is 12.1 Å². The number of rotatable bonds is 10. The van der Waals surface area contributed by atoms with Crippen LogP contribution >= 0.6 is 0 Å². The van der Waals surface area contributed by atoms with E-state index in [0.29, 0.717) is 18.3 Å². The van der Waals surface area contributed by atoms with Crippen molar-refractivity contribution in [3.05, 3.63) is 53.1 Å². The maximum absolute atomic E-state index is 13.3. The van der Waals surface area contributed by atoms with Crippen molar-refractivity contribution < 1.29 is 14.3 Å². The molecular formula is C27H37NO3. The molecule has 0 aromatic heterocycles. The van der Waals surface area contributed by atoms with Crippen molar-refractivity contribution in [1.29, 1.82) is 0 Å². The molecule has 4 nitrogen and oxygen atoms in total. The summed E-state index contributed by atoms with van der Waals surface area (Å²) in [5.41, 5.74) is 4.46. The largest absolute Gasteiger partial charge is 0.454 e. The molecular weight excluding hydrogens is 386 g/mol. The standard InChI is InChI=1S/C27H37NO3/c1-6-7-8-11-20(23-14-10-15-24-27(23)31-17-30-24)16-25(29)28-26-21(18(2)3)12-9-13-22(26)19(4)5/h9-10,12-15,18-20H,6-8,11,16-17H2,1-5H3,(H,28,29)/t20-/m1/s1. The van der Waals surface area contributed by atoms with E-state index in [0.717, 1.165) is 48.4 Å². The van der Waals surface area contributed by atoms with Gasteiger partial charge in [0.2, 0.25) is 12.7 Å². The zero-order valence-electron chi connectivity index (χ0n) is 19.7. The fourth-order valence-electron chi connectivity index (χ4n) is 4.39. The molecule has 1 aliphatic rings. The first-order valence-corrected chi connectivity index (χ1v) is 11.7. The molecule has 1 atom stereocenters. The van der Waals surface area contributed by atoms with E-state index in [9.17, 15) is 4.79 Å². The molecule has 1 heterocycles. The third kappa shape index (κ3) is 5.61. The van der Waals surface area contributed by atoms with Crippen LogP contribution in [0.25, 0.3) is 0 Å². The maximum Gasteiger partial charge on any atom is 0.231 e. The topological polar surface area (TPSA) is 47.6 Å². The molecule has 0 saturated heterocycles. The second-order valence-corrected chi connectivity index (χ2v) is 9.15. The Hall–Kier alpha value is -2.49. The number of anilines is 1. The fourth-order valence-corrected chi connectivity index (χ4v) is 4.39. The molecule has 0 bridgehead atoms. The molecule has 3 rings (SSSR count). The minimum atomic E-state index is 0.0630. The number of carbonyl (C=O) groups is 1. The Labute approximate surface area is 187 Å². The quantitative estimate of drug-likeness (QED) is 0.406. The summed E-state index contributed by atoms with van der Waals surface area (Å²) < 4.78 is 11.3. The minimum Gasteiger partial charge on any atom is -0.454 e. The zero-order chi connectivity index (χ0) is 22.4. The van der Waals surface area contributed by atoms with Gasteiger partial charge in [0.15, 0.2) is 11.5 Å². The Balaban J connectivity index is 1.85. The van der Waals surface area contributed by atoms with Gasteiger partial charge in [0.25, 0.3) is 0 Å². The Kier molecular flexibility index (Phi) is 8.00. The van der Waals surface area contributed by atoms with E-state index in [1.165, 1.54) is 11.1 Å². The first-order chi connectivity index (χ1) is 14.9. The lowest BCUT2D eigenvalue weighted by atomic mass is 9.88. The van der Waals surface area contributed by atoms with Crippen LogP contribution in [-0.4, -0.2) is 12.7 Å². The maximum atomic E-state index is 13.3. The highest BCUT2D eigenvalue weighted by Crippen LogP contribution is 2.42. The predicted octanol–water partition coefficient (Wildman–Crippen LogP) is 7.35. The van der Waals surface area contributed by atoms with Crippen LogP contribution in [0.2, 0.25) is 0 Å². The van der Waals surface area contributed by atoms with Gasteiger partial charge >= 0.3 is 0 Å². The lowest BCUT2D eigenvalue weighted by Crippen LogP contribution is -2.19. The first-order valence-electron chi connectivity index (χ1n) is 11.7. The normalized spacial score (nSPS) is 13.6. The number of ether oxygens (including phenoxy) is 2. The van der Waals surface area contributed by atoms with Crippen LogP contribution < -0.4 is 14.8 Å². The van der Waals surface area contributed by atoms with Crippen LogP contribution in [-0.2, 0) is 4.79 Å². The number of carbonyl (C=O) groups excluding carboxylic acids is 1. The van der Waals surface area contributed by atoms with Gasteiger partial charge in [0.05, 0.1) is 0 Å². The molecule has 0 spiro atoms. The summed E-state index contributed by atoms with van der Waals surface area (Å²) in [6.45, 7) is 11.1. The highest BCUT2D eigenvalue weighted by Gasteiger charge is 2.26. The summed E-state index contributed by atoms with van der Waals surface area (Å²) in [6.07, 6.45) is 4.82. The molecule has 4 heteroatoms. The van der Waals surface area contributed by atoms with Gasteiger partial charge in [-0.3, -0.25) is 4.79 Å². The molecule has 168 valence electrons. The lowest BCUT2D eigenvalue weighted by Gasteiger charge is -2.22. The number of fused-ring (bicyclic) bond motifs is 1. The number of nitrogens with one attached hydrogen (secondary N) is 1. The van der Waals surface area contributed by atoms with E-state index < -0.39 is 0 Å². The molecule has 0 unspecified atom stereocenters. The first kappa shape index (κ1) is 23.2. The van der Waals surface area contributed by atoms with E-state index in [-0.39, 0.29) is 18.6 Å². The van der Waals surface area contributed by atoms with E-state index in [2.05, 4.69) is 64.2 Å². The van der Waals surface area contributed by atoms with Gasteiger partial charge in [-0.05, 0) is 41.4 Å². The Bertz CT molecular complexity index is 862. The summed E-state index contributed by atoms with van der Waals surface area (Å²) in [5.74, 6) is 2.45. The number of amides is 1. The van der Waals surface area contributed by atoms with Gasteiger partial charge < -0.3 is 14.8 Å². The van der Waals surface area contributed by atoms with Crippen LogP contribution in [0.5, 0.6) is 11.5 Å².